The summed E-state index contributed by atoms with van der Waals surface area (Å²) >= 11 is 0. The first-order chi connectivity index (χ1) is 18.8. The summed E-state index contributed by atoms with van der Waals surface area (Å²) in [4.78, 5) is 46.5. The van der Waals surface area contributed by atoms with E-state index < -0.39 is 42.8 Å². The van der Waals surface area contributed by atoms with E-state index in [0.29, 0.717) is 11.3 Å². The standard InChI is InChI=1S/C31H57NO7/c1-2-3-4-5-6-7-8-9-10-11-12-13-14-15-16-17-18-19-20-21-22-23-24-27(33)30(31(38)39)32(25-28(34)35)26-29(36)37/h30H,2-26H2,1H3,(H,34,35)(H,36,37)(H,38,39). The minimum absolute atomic E-state index is 0.00578. The second-order valence-corrected chi connectivity index (χ2v) is 11.1. The summed E-state index contributed by atoms with van der Waals surface area (Å²) in [6.07, 6.45) is 27.7. The molecule has 8 heteroatoms. The maximum atomic E-state index is 12.4. The molecule has 0 saturated heterocycles. The van der Waals surface area contributed by atoms with Gasteiger partial charge in [0.05, 0.1) is 13.1 Å². The first-order valence-corrected chi connectivity index (χ1v) is 15.7. The van der Waals surface area contributed by atoms with Crippen LogP contribution in [-0.2, 0) is 19.2 Å². The van der Waals surface area contributed by atoms with Crippen molar-refractivity contribution in [2.75, 3.05) is 13.1 Å². The Hall–Kier alpha value is -1.96. The van der Waals surface area contributed by atoms with Crippen molar-refractivity contribution < 1.29 is 34.5 Å². The highest BCUT2D eigenvalue weighted by atomic mass is 16.4. The molecule has 0 fully saturated rings. The van der Waals surface area contributed by atoms with Crippen LogP contribution in [0.15, 0.2) is 0 Å². The maximum absolute atomic E-state index is 12.4. The molecular formula is C31H57NO7. The quantitative estimate of drug-likeness (QED) is 0.0614. The zero-order valence-corrected chi connectivity index (χ0v) is 24.7. The van der Waals surface area contributed by atoms with Gasteiger partial charge in [-0.2, -0.15) is 0 Å². The number of unbranched alkanes of at least 4 members (excludes halogenated alkanes) is 21. The summed E-state index contributed by atoms with van der Waals surface area (Å²) in [6.45, 7) is 0.645. The smallest absolute Gasteiger partial charge is 0.328 e. The molecular weight excluding hydrogens is 498 g/mol. The van der Waals surface area contributed by atoms with E-state index in [4.69, 9.17) is 10.2 Å². The molecule has 0 heterocycles. The van der Waals surface area contributed by atoms with Gasteiger partial charge in [-0.15, -0.1) is 0 Å². The highest BCUT2D eigenvalue weighted by Crippen LogP contribution is 2.16. The third-order valence-electron chi connectivity index (χ3n) is 7.36. The summed E-state index contributed by atoms with van der Waals surface area (Å²) in [7, 11) is 0. The molecule has 0 rings (SSSR count). The van der Waals surface area contributed by atoms with Gasteiger partial charge in [0.25, 0.3) is 0 Å². The van der Waals surface area contributed by atoms with Crippen LogP contribution in [0.1, 0.15) is 155 Å². The lowest BCUT2D eigenvalue weighted by Gasteiger charge is -2.24. The molecule has 0 saturated carbocycles. The zero-order valence-electron chi connectivity index (χ0n) is 24.7. The molecule has 1 unspecified atom stereocenters. The number of rotatable bonds is 30. The summed E-state index contributed by atoms with van der Waals surface area (Å²) < 4.78 is 0. The normalized spacial score (nSPS) is 12.1. The number of ketones is 1. The molecule has 0 aliphatic rings. The summed E-state index contributed by atoms with van der Waals surface area (Å²) in [6, 6.07) is -1.74. The zero-order chi connectivity index (χ0) is 29.1. The number of hydrogen-bond acceptors (Lipinski definition) is 5. The van der Waals surface area contributed by atoms with Gasteiger partial charge >= 0.3 is 17.9 Å². The number of aliphatic carboxylic acids is 3. The first kappa shape index (κ1) is 37.0. The van der Waals surface area contributed by atoms with Crippen molar-refractivity contribution in [3.05, 3.63) is 0 Å². The Labute approximate surface area is 236 Å². The molecule has 0 bridgehead atoms. The Morgan fingerprint density at radius 2 is 0.769 bits per heavy atom. The number of carbonyl (C=O) groups excluding carboxylic acids is 1. The predicted molar refractivity (Wildman–Crippen MR) is 155 cm³/mol. The largest absolute Gasteiger partial charge is 0.480 e. The Balaban J connectivity index is 3.63. The number of nitrogens with zero attached hydrogens (tertiary/aromatic N) is 1. The van der Waals surface area contributed by atoms with Gasteiger partial charge in [-0.3, -0.25) is 24.1 Å². The van der Waals surface area contributed by atoms with Gasteiger partial charge in [-0.1, -0.05) is 142 Å². The summed E-state index contributed by atoms with van der Waals surface area (Å²) in [5, 5.41) is 27.2. The fourth-order valence-corrected chi connectivity index (χ4v) is 5.13. The molecule has 0 spiro atoms. The van der Waals surface area contributed by atoms with Crippen molar-refractivity contribution in [2.45, 2.75) is 161 Å². The van der Waals surface area contributed by atoms with E-state index in [2.05, 4.69) is 6.92 Å². The SMILES string of the molecule is CCCCCCCCCCCCCCCCCCCCCCCCC(=O)C(C(=O)O)N(CC(=O)O)CC(=O)O. The van der Waals surface area contributed by atoms with Gasteiger partial charge in [0.1, 0.15) is 0 Å². The van der Waals surface area contributed by atoms with E-state index in [1.807, 2.05) is 0 Å². The fourth-order valence-electron chi connectivity index (χ4n) is 5.13. The summed E-state index contributed by atoms with van der Waals surface area (Å²) in [5.41, 5.74) is 0. The van der Waals surface area contributed by atoms with E-state index in [1.165, 1.54) is 109 Å². The Kier molecular flexibility index (Phi) is 25.0. The number of Topliss-reactive ketones (excluding diaryl/α,β-unsaturated/α-hetero) is 1. The molecule has 1 atom stereocenters. The van der Waals surface area contributed by atoms with Crippen molar-refractivity contribution in [3.8, 4) is 0 Å². The fraction of sp³-hybridized carbons (Fsp3) is 0.871. The molecule has 0 aliphatic carbocycles. The average Bonchev–Trinajstić information content (AvgIpc) is 2.86. The molecule has 0 aromatic rings. The van der Waals surface area contributed by atoms with Crippen LogP contribution in [-0.4, -0.2) is 63.0 Å². The van der Waals surface area contributed by atoms with E-state index in [-0.39, 0.29) is 6.42 Å². The number of hydrogen-bond donors (Lipinski definition) is 3. The van der Waals surface area contributed by atoms with Crippen LogP contribution in [0.2, 0.25) is 0 Å². The Morgan fingerprint density at radius 1 is 0.487 bits per heavy atom. The lowest BCUT2D eigenvalue weighted by atomic mass is 10.0. The van der Waals surface area contributed by atoms with Crippen LogP contribution in [0.5, 0.6) is 0 Å². The molecule has 0 aliphatic heterocycles. The van der Waals surface area contributed by atoms with Crippen LogP contribution in [0.25, 0.3) is 0 Å². The number of carboxylic acids is 3. The van der Waals surface area contributed by atoms with Crippen molar-refractivity contribution in [1.29, 1.82) is 0 Å². The van der Waals surface area contributed by atoms with E-state index in [0.717, 1.165) is 25.7 Å². The van der Waals surface area contributed by atoms with Gasteiger partial charge in [0, 0.05) is 6.42 Å². The monoisotopic (exact) mass is 555 g/mol. The number of carbonyl (C=O) groups is 4. The lowest BCUT2D eigenvalue weighted by Crippen LogP contribution is -2.50. The lowest BCUT2D eigenvalue weighted by molar-refractivity contribution is -0.152. The van der Waals surface area contributed by atoms with E-state index >= 15 is 0 Å². The molecule has 8 nitrogen and oxygen atoms in total. The Morgan fingerprint density at radius 3 is 1.03 bits per heavy atom. The van der Waals surface area contributed by atoms with E-state index in [9.17, 15) is 24.3 Å². The minimum Gasteiger partial charge on any atom is -0.480 e. The Bertz CT molecular complexity index is 637. The maximum Gasteiger partial charge on any atom is 0.328 e. The highest BCUT2D eigenvalue weighted by molar-refractivity contribution is 6.03. The highest BCUT2D eigenvalue weighted by Gasteiger charge is 2.34. The summed E-state index contributed by atoms with van der Waals surface area (Å²) in [5.74, 6) is -4.90. The van der Waals surface area contributed by atoms with Crippen LogP contribution in [0.3, 0.4) is 0 Å². The van der Waals surface area contributed by atoms with Crippen molar-refractivity contribution in [3.63, 3.8) is 0 Å². The first-order valence-electron chi connectivity index (χ1n) is 15.7. The van der Waals surface area contributed by atoms with Crippen LogP contribution < -0.4 is 0 Å². The molecule has 0 aromatic carbocycles. The molecule has 228 valence electrons. The topological polar surface area (TPSA) is 132 Å². The third kappa shape index (κ3) is 23.6. The van der Waals surface area contributed by atoms with Crippen molar-refractivity contribution >= 4 is 23.7 Å². The van der Waals surface area contributed by atoms with Crippen molar-refractivity contribution in [1.82, 2.24) is 4.90 Å². The predicted octanol–water partition coefficient (Wildman–Crippen LogP) is 7.47. The molecule has 0 aromatic heterocycles. The average molecular weight is 556 g/mol. The van der Waals surface area contributed by atoms with E-state index in [1.54, 1.807) is 0 Å². The molecule has 0 radical (unpaired) electrons. The van der Waals surface area contributed by atoms with Crippen molar-refractivity contribution in [2.24, 2.45) is 0 Å². The van der Waals surface area contributed by atoms with Crippen LogP contribution in [0, 0.1) is 0 Å². The van der Waals surface area contributed by atoms with Gasteiger partial charge in [0.2, 0.25) is 0 Å². The van der Waals surface area contributed by atoms with Crippen LogP contribution in [0.4, 0.5) is 0 Å². The molecule has 3 N–H and O–H groups in total. The van der Waals surface area contributed by atoms with Gasteiger partial charge in [-0.25, -0.2) is 0 Å². The molecule has 0 amide bonds. The minimum atomic E-state index is -1.74. The van der Waals surface area contributed by atoms with Gasteiger partial charge < -0.3 is 15.3 Å². The second kappa shape index (κ2) is 26.3. The third-order valence-corrected chi connectivity index (χ3v) is 7.36. The van der Waals surface area contributed by atoms with Gasteiger partial charge in [0.15, 0.2) is 11.8 Å². The van der Waals surface area contributed by atoms with Gasteiger partial charge in [-0.05, 0) is 6.42 Å². The number of carboxylic acid groups (broad SMARTS) is 3. The second-order valence-electron chi connectivity index (χ2n) is 11.1. The molecule has 39 heavy (non-hydrogen) atoms. The van der Waals surface area contributed by atoms with Crippen LogP contribution >= 0.6 is 0 Å².